The van der Waals surface area contributed by atoms with Gasteiger partial charge in [0.1, 0.15) is 5.75 Å². The highest BCUT2D eigenvalue weighted by atomic mass is 127. The molecule has 0 radical (unpaired) electrons. The molecule has 0 saturated heterocycles. The Hall–Kier alpha value is -1.94. The molecule has 130 valence electrons. The molecule has 25 heavy (non-hydrogen) atoms. The van der Waals surface area contributed by atoms with Gasteiger partial charge in [-0.05, 0) is 52.9 Å². The Bertz CT molecular complexity index is 811. The van der Waals surface area contributed by atoms with Crippen LogP contribution in [0.1, 0.15) is 15.9 Å². The summed E-state index contributed by atoms with van der Waals surface area (Å²) in [6.45, 7) is -0.166. The quantitative estimate of drug-likeness (QED) is 0.352. The van der Waals surface area contributed by atoms with Crippen LogP contribution in [-0.2, 0) is 4.79 Å². The fraction of sp³-hybridized carbons (Fsp3) is 0.118. The highest BCUT2D eigenvalue weighted by Crippen LogP contribution is 2.20. The van der Waals surface area contributed by atoms with Crippen LogP contribution in [0.4, 0.5) is 0 Å². The van der Waals surface area contributed by atoms with E-state index in [0.29, 0.717) is 11.3 Å². The van der Waals surface area contributed by atoms with Crippen molar-refractivity contribution in [2.45, 2.75) is 0 Å². The average molecular weight is 516 g/mol. The van der Waals surface area contributed by atoms with Gasteiger partial charge in [0, 0.05) is 13.6 Å². The second-order valence-corrected chi connectivity index (χ2v) is 6.86. The first kappa shape index (κ1) is 19.4. The van der Waals surface area contributed by atoms with Crippen molar-refractivity contribution in [3.63, 3.8) is 0 Å². The summed E-state index contributed by atoms with van der Waals surface area (Å²) in [7, 11) is 1.57. The highest BCUT2D eigenvalue weighted by Gasteiger charge is 2.10. The Kier molecular flexibility index (Phi) is 7.38. The molecular weight excluding hydrogens is 501 g/mol. The highest BCUT2D eigenvalue weighted by molar-refractivity contribution is 14.1. The number of methoxy groups -OCH3 is 1. The molecule has 0 aromatic heterocycles. The van der Waals surface area contributed by atoms with Crippen molar-refractivity contribution < 1.29 is 14.3 Å². The molecule has 0 atom stereocenters. The van der Waals surface area contributed by atoms with Gasteiger partial charge in [-0.1, -0.05) is 28.1 Å². The summed E-state index contributed by atoms with van der Waals surface area (Å²) in [4.78, 5) is 23.8. The molecule has 0 aliphatic rings. The van der Waals surface area contributed by atoms with E-state index in [-0.39, 0.29) is 12.5 Å². The molecule has 2 N–H and O–H groups in total. The minimum atomic E-state index is -0.422. The van der Waals surface area contributed by atoms with Gasteiger partial charge in [-0.3, -0.25) is 9.59 Å². The van der Waals surface area contributed by atoms with Crippen LogP contribution in [0.2, 0.25) is 0 Å². The SMILES string of the molecule is COc1ccc(Br)c(C=NNC(=O)CNC(=O)c2ccccc2I)c1. The van der Waals surface area contributed by atoms with Crippen LogP contribution in [0.5, 0.6) is 5.75 Å². The Morgan fingerprint density at radius 1 is 1.28 bits per heavy atom. The van der Waals surface area contributed by atoms with Crippen molar-refractivity contribution in [3.8, 4) is 5.75 Å². The molecule has 0 fully saturated rings. The molecule has 6 nitrogen and oxygen atoms in total. The monoisotopic (exact) mass is 515 g/mol. The number of benzene rings is 2. The fourth-order valence-corrected chi connectivity index (χ4v) is 2.84. The molecule has 0 aliphatic carbocycles. The van der Waals surface area contributed by atoms with Gasteiger partial charge in [0.2, 0.25) is 0 Å². The second kappa shape index (κ2) is 9.52. The maximum atomic E-state index is 12.0. The van der Waals surface area contributed by atoms with Gasteiger partial charge in [0.05, 0.1) is 25.4 Å². The molecule has 0 aliphatic heterocycles. The van der Waals surface area contributed by atoms with E-state index in [2.05, 4.69) is 54.4 Å². The first-order valence-electron chi connectivity index (χ1n) is 7.19. The van der Waals surface area contributed by atoms with Crippen LogP contribution in [0.3, 0.4) is 0 Å². The maximum Gasteiger partial charge on any atom is 0.259 e. The van der Waals surface area contributed by atoms with E-state index in [0.717, 1.165) is 13.6 Å². The predicted molar refractivity (Wildman–Crippen MR) is 108 cm³/mol. The standard InChI is InChI=1S/C17H15BrIN3O3/c1-25-12-6-7-14(18)11(8-12)9-21-22-16(23)10-20-17(24)13-4-2-3-5-15(13)19/h2-9H,10H2,1H3,(H,20,24)(H,22,23). The number of hydrogen-bond acceptors (Lipinski definition) is 4. The molecule has 0 saturated carbocycles. The minimum Gasteiger partial charge on any atom is -0.497 e. The largest absolute Gasteiger partial charge is 0.497 e. The number of amides is 2. The molecule has 2 aromatic rings. The third-order valence-electron chi connectivity index (χ3n) is 3.12. The van der Waals surface area contributed by atoms with Gasteiger partial charge in [0.15, 0.2) is 0 Å². The third-order valence-corrected chi connectivity index (χ3v) is 4.79. The summed E-state index contributed by atoms with van der Waals surface area (Å²) in [5.74, 6) is -0.0464. The van der Waals surface area contributed by atoms with E-state index in [4.69, 9.17) is 4.74 Å². The van der Waals surface area contributed by atoms with Crippen LogP contribution < -0.4 is 15.5 Å². The predicted octanol–water partition coefficient (Wildman–Crippen LogP) is 2.94. The topological polar surface area (TPSA) is 79.8 Å². The van der Waals surface area contributed by atoms with Gasteiger partial charge < -0.3 is 10.1 Å². The van der Waals surface area contributed by atoms with E-state index in [9.17, 15) is 9.59 Å². The molecule has 2 amide bonds. The van der Waals surface area contributed by atoms with Crippen LogP contribution in [0.25, 0.3) is 0 Å². The van der Waals surface area contributed by atoms with Crippen molar-refractivity contribution in [3.05, 3.63) is 61.6 Å². The first-order chi connectivity index (χ1) is 12.0. The zero-order valence-corrected chi connectivity index (χ0v) is 17.0. The lowest BCUT2D eigenvalue weighted by atomic mass is 10.2. The molecule has 0 spiro atoms. The van der Waals surface area contributed by atoms with Crippen LogP contribution in [0.15, 0.2) is 52.0 Å². The second-order valence-electron chi connectivity index (χ2n) is 4.84. The number of halogens is 2. The van der Waals surface area contributed by atoms with Crippen LogP contribution in [-0.4, -0.2) is 31.7 Å². The lowest BCUT2D eigenvalue weighted by molar-refractivity contribution is -0.120. The zero-order valence-electron chi connectivity index (χ0n) is 13.3. The van der Waals surface area contributed by atoms with Crippen molar-refractivity contribution in [2.75, 3.05) is 13.7 Å². The summed E-state index contributed by atoms with van der Waals surface area (Å²) in [5.41, 5.74) is 3.65. The van der Waals surface area contributed by atoms with Gasteiger partial charge >= 0.3 is 0 Å². The Balaban J connectivity index is 1.87. The number of nitrogens with zero attached hydrogens (tertiary/aromatic N) is 1. The maximum absolute atomic E-state index is 12.0. The van der Waals surface area contributed by atoms with E-state index in [1.54, 1.807) is 31.4 Å². The zero-order chi connectivity index (χ0) is 18.2. The number of hydrazone groups is 1. The Morgan fingerprint density at radius 3 is 2.76 bits per heavy atom. The van der Waals surface area contributed by atoms with Crippen molar-refractivity contribution in [2.24, 2.45) is 5.10 Å². The molecular formula is C17H15BrIN3O3. The van der Waals surface area contributed by atoms with Crippen LogP contribution in [0, 0.1) is 3.57 Å². The van der Waals surface area contributed by atoms with Gasteiger partial charge in [-0.15, -0.1) is 0 Å². The average Bonchev–Trinajstić information content (AvgIpc) is 2.61. The van der Waals surface area contributed by atoms with Crippen molar-refractivity contribution in [1.29, 1.82) is 0 Å². The van der Waals surface area contributed by atoms with E-state index in [1.165, 1.54) is 6.21 Å². The Labute approximate surface area is 167 Å². The number of hydrogen-bond donors (Lipinski definition) is 2. The van der Waals surface area contributed by atoms with Crippen LogP contribution >= 0.6 is 38.5 Å². The number of carbonyl (C=O) groups excluding carboxylic acids is 2. The molecule has 2 aromatic carbocycles. The summed E-state index contributed by atoms with van der Waals surface area (Å²) >= 11 is 5.46. The Morgan fingerprint density at radius 2 is 2.04 bits per heavy atom. The molecule has 8 heteroatoms. The van der Waals surface area contributed by atoms with Gasteiger partial charge in [-0.2, -0.15) is 5.10 Å². The third kappa shape index (κ3) is 5.82. The van der Waals surface area contributed by atoms with E-state index >= 15 is 0 Å². The summed E-state index contributed by atoms with van der Waals surface area (Å²) in [6, 6.07) is 12.5. The summed E-state index contributed by atoms with van der Waals surface area (Å²) < 4.78 is 6.77. The van der Waals surface area contributed by atoms with Gasteiger partial charge in [0.25, 0.3) is 11.8 Å². The number of ether oxygens (including phenoxy) is 1. The molecule has 0 heterocycles. The first-order valence-corrected chi connectivity index (χ1v) is 9.06. The number of nitrogens with one attached hydrogen (secondary N) is 2. The number of carbonyl (C=O) groups is 2. The fourth-order valence-electron chi connectivity index (χ4n) is 1.86. The smallest absolute Gasteiger partial charge is 0.259 e. The van der Waals surface area contributed by atoms with E-state index < -0.39 is 5.91 Å². The van der Waals surface area contributed by atoms with Gasteiger partial charge in [-0.25, -0.2) is 5.43 Å². The molecule has 2 rings (SSSR count). The number of rotatable bonds is 6. The lowest BCUT2D eigenvalue weighted by Crippen LogP contribution is -2.35. The summed E-state index contributed by atoms with van der Waals surface area (Å²) in [5, 5.41) is 6.44. The van der Waals surface area contributed by atoms with Crippen molar-refractivity contribution in [1.82, 2.24) is 10.7 Å². The van der Waals surface area contributed by atoms with Crippen molar-refractivity contribution >= 4 is 56.5 Å². The lowest BCUT2D eigenvalue weighted by Gasteiger charge is -2.06. The minimum absolute atomic E-state index is 0.166. The molecule has 0 bridgehead atoms. The molecule has 0 unspecified atom stereocenters. The van der Waals surface area contributed by atoms with E-state index in [1.807, 2.05) is 18.2 Å². The normalized spacial score (nSPS) is 10.5. The summed E-state index contributed by atoms with van der Waals surface area (Å²) in [6.07, 6.45) is 1.49.